The summed E-state index contributed by atoms with van der Waals surface area (Å²) in [4.78, 5) is 7.83. The Morgan fingerprint density at radius 3 is 2.78 bits per heavy atom. The average molecular weight is 331 g/mol. The van der Waals surface area contributed by atoms with E-state index < -0.39 is 0 Å². The molecule has 0 aromatic carbocycles. The van der Waals surface area contributed by atoms with E-state index in [-0.39, 0.29) is 11.9 Å². The molecule has 0 saturated heterocycles. The van der Waals surface area contributed by atoms with Crippen molar-refractivity contribution in [1.29, 1.82) is 0 Å². The van der Waals surface area contributed by atoms with Crippen molar-refractivity contribution in [3.63, 3.8) is 0 Å². The molecule has 2 aromatic rings. The van der Waals surface area contributed by atoms with Crippen LogP contribution >= 0.6 is 27.5 Å². The summed E-state index contributed by atoms with van der Waals surface area (Å²) in [6, 6.07) is 3.19. The molecule has 2 rings (SSSR count). The molecule has 0 aliphatic rings. The molecule has 94 valence electrons. The molecule has 0 bridgehead atoms. The molecule has 18 heavy (non-hydrogen) atoms. The van der Waals surface area contributed by atoms with Crippen LogP contribution in [-0.4, -0.2) is 9.97 Å². The topological polar surface area (TPSA) is 37.8 Å². The van der Waals surface area contributed by atoms with Gasteiger partial charge in [-0.05, 0) is 40.5 Å². The molecule has 0 fully saturated rings. The highest BCUT2D eigenvalue weighted by Gasteiger charge is 2.08. The minimum atomic E-state index is -0.350. The van der Waals surface area contributed by atoms with Gasteiger partial charge >= 0.3 is 0 Å². The van der Waals surface area contributed by atoms with E-state index in [0.717, 1.165) is 11.3 Å². The second-order valence-corrected chi connectivity index (χ2v) is 5.01. The summed E-state index contributed by atoms with van der Waals surface area (Å²) in [6.45, 7) is 1.92. The molecule has 0 spiro atoms. The maximum atomic E-state index is 13.1. The highest BCUT2D eigenvalue weighted by atomic mass is 79.9. The number of hydrogen-bond donors (Lipinski definition) is 1. The Morgan fingerprint density at radius 1 is 1.33 bits per heavy atom. The number of rotatable bonds is 3. The summed E-state index contributed by atoms with van der Waals surface area (Å²) in [5.41, 5.74) is 1.56. The zero-order chi connectivity index (χ0) is 13.1. The fraction of sp³-hybridized carbons (Fsp3) is 0.167. The lowest BCUT2D eigenvalue weighted by molar-refractivity contribution is 0.616. The quantitative estimate of drug-likeness (QED) is 0.857. The van der Waals surface area contributed by atoms with Crippen LogP contribution in [0.3, 0.4) is 0 Å². The summed E-state index contributed by atoms with van der Waals surface area (Å²) >= 11 is 9.11. The smallest absolute Gasteiger partial charge is 0.143 e. The third-order valence-corrected chi connectivity index (χ3v) is 3.54. The van der Waals surface area contributed by atoms with Gasteiger partial charge in [0.25, 0.3) is 0 Å². The molecule has 1 unspecified atom stereocenters. The highest BCUT2D eigenvalue weighted by Crippen LogP contribution is 2.25. The van der Waals surface area contributed by atoms with E-state index in [2.05, 4.69) is 31.2 Å². The summed E-state index contributed by atoms with van der Waals surface area (Å²) in [6.07, 6.45) is 4.42. The second kappa shape index (κ2) is 5.63. The van der Waals surface area contributed by atoms with Crippen LogP contribution in [-0.2, 0) is 0 Å². The first-order valence-electron chi connectivity index (χ1n) is 5.24. The van der Waals surface area contributed by atoms with E-state index in [9.17, 15) is 4.39 Å². The Labute approximate surface area is 118 Å². The van der Waals surface area contributed by atoms with E-state index in [1.165, 1.54) is 12.3 Å². The van der Waals surface area contributed by atoms with Crippen LogP contribution in [0.5, 0.6) is 0 Å². The van der Waals surface area contributed by atoms with E-state index in [1.807, 2.05) is 13.0 Å². The molecule has 0 radical (unpaired) electrons. The number of hydrogen-bond acceptors (Lipinski definition) is 3. The Kier molecular flexibility index (Phi) is 4.14. The van der Waals surface area contributed by atoms with Gasteiger partial charge in [0.15, 0.2) is 0 Å². The molecule has 0 saturated carbocycles. The van der Waals surface area contributed by atoms with Crippen molar-refractivity contribution < 1.29 is 4.39 Å². The largest absolute Gasteiger partial charge is 0.377 e. The minimum Gasteiger partial charge on any atom is -0.377 e. The molecule has 3 nitrogen and oxygen atoms in total. The van der Waals surface area contributed by atoms with Gasteiger partial charge in [-0.3, -0.25) is 4.98 Å². The number of pyridine rings is 2. The number of halogens is 3. The van der Waals surface area contributed by atoms with Crippen LogP contribution in [0.15, 0.2) is 35.2 Å². The number of nitrogens with one attached hydrogen (secondary N) is 1. The van der Waals surface area contributed by atoms with Crippen LogP contribution in [0, 0.1) is 5.82 Å². The van der Waals surface area contributed by atoms with Gasteiger partial charge < -0.3 is 5.32 Å². The molecule has 0 aliphatic heterocycles. The Morgan fingerprint density at radius 2 is 2.11 bits per heavy atom. The molecule has 6 heteroatoms. The molecule has 0 aliphatic carbocycles. The molecule has 1 N–H and O–H groups in total. The first kappa shape index (κ1) is 13.2. The predicted octanol–water partition coefficient (Wildman–Crippen LogP) is 4.20. The molecule has 1 atom stereocenters. The lowest BCUT2D eigenvalue weighted by Crippen LogP contribution is -2.07. The lowest BCUT2D eigenvalue weighted by Gasteiger charge is -2.15. The summed E-state index contributed by atoms with van der Waals surface area (Å²) in [5.74, 6) is -0.350. The predicted molar refractivity (Wildman–Crippen MR) is 73.2 cm³/mol. The van der Waals surface area contributed by atoms with Crippen LogP contribution in [0.2, 0.25) is 5.15 Å². The Balaban J connectivity index is 2.16. The third kappa shape index (κ3) is 3.17. The van der Waals surface area contributed by atoms with E-state index in [4.69, 9.17) is 11.6 Å². The van der Waals surface area contributed by atoms with Crippen molar-refractivity contribution in [2.24, 2.45) is 0 Å². The summed E-state index contributed by atoms with van der Waals surface area (Å²) < 4.78 is 13.8. The van der Waals surface area contributed by atoms with E-state index in [0.29, 0.717) is 9.63 Å². The molecule has 2 aromatic heterocycles. The minimum absolute atomic E-state index is 0.0805. The number of aromatic nitrogens is 2. The first-order valence-corrected chi connectivity index (χ1v) is 6.41. The van der Waals surface area contributed by atoms with Gasteiger partial charge in [0, 0.05) is 6.20 Å². The van der Waals surface area contributed by atoms with Crippen molar-refractivity contribution in [3.05, 3.63) is 51.7 Å². The maximum Gasteiger partial charge on any atom is 0.143 e. The highest BCUT2D eigenvalue weighted by molar-refractivity contribution is 9.10. The number of nitrogens with zero attached hydrogens (tertiary/aromatic N) is 2. The summed E-state index contributed by atoms with van der Waals surface area (Å²) in [7, 11) is 0. The first-order chi connectivity index (χ1) is 8.56. The average Bonchev–Trinajstić information content (AvgIpc) is 2.34. The fourth-order valence-electron chi connectivity index (χ4n) is 1.50. The standard InChI is InChI=1S/C12H10BrClFN3/c1-7(8-2-9(15)5-16-4-8)18-10-3-11(13)12(14)17-6-10/h2-7,18H,1H3. The van der Waals surface area contributed by atoms with Gasteiger partial charge in [0.2, 0.25) is 0 Å². The van der Waals surface area contributed by atoms with Gasteiger partial charge in [-0.2, -0.15) is 0 Å². The fourth-order valence-corrected chi connectivity index (χ4v) is 1.95. The summed E-state index contributed by atoms with van der Waals surface area (Å²) in [5, 5.41) is 3.60. The van der Waals surface area contributed by atoms with E-state index in [1.54, 1.807) is 12.4 Å². The van der Waals surface area contributed by atoms with Crippen molar-refractivity contribution in [1.82, 2.24) is 9.97 Å². The van der Waals surface area contributed by atoms with E-state index >= 15 is 0 Å². The zero-order valence-electron chi connectivity index (χ0n) is 9.49. The molecular formula is C12H10BrClFN3. The molecule has 0 amide bonds. The van der Waals surface area contributed by atoms with Gasteiger partial charge in [-0.1, -0.05) is 11.6 Å². The molecular weight excluding hydrogens is 321 g/mol. The van der Waals surface area contributed by atoms with Gasteiger partial charge in [0.1, 0.15) is 11.0 Å². The van der Waals surface area contributed by atoms with Crippen molar-refractivity contribution in [2.45, 2.75) is 13.0 Å². The van der Waals surface area contributed by atoms with Crippen LogP contribution in [0.4, 0.5) is 10.1 Å². The normalized spacial score (nSPS) is 12.2. The SMILES string of the molecule is CC(Nc1cnc(Cl)c(Br)c1)c1cncc(F)c1. The van der Waals surface area contributed by atoms with Gasteiger partial charge in [-0.15, -0.1) is 0 Å². The Hall–Kier alpha value is -1.20. The second-order valence-electron chi connectivity index (χ2n) is 3.80. The van der Waals surface area contributed by atoms with Gasteiger partial charge in [0.05, 0.1) is 28.6 Å². The van der Waals surface area contributed by atoms with Crippen molar-refractivity contribution in [2.75, 3.05) is 5.32 Å². The number of anilines is 1. The Bertz CT molecular complexity index is 565. The van der Waals surface area contributed by atoms with Crippen LogP contribution in [0.25, 0.3) is 0 Å². The van der Waals surface area contributed by atoms with Gasteiger partial charge in [-0.25, -0.2) is 9.37 Å². The molecule has 2 heterocycles. The third-order valence-electron chi connectivity index (χ3n) is 2.41. The maximum absolute atomic E-state index is 13.1. The van der Waals surface area contributed by atoms with Crippen LogP contribution in [0.1, 0.15) is 18.5 Å². The zero-order valence-corrected chi connectivity index (χ0v) is 11.8. The van der Waals surface area contributed by atoms with Crippen molar-refractivity contribution in [3.8, 4) is 0 Å². The van der Waals surface area contributed by atoms with Crippen LogP contribution < -0.4 is 5.32 Å². The lowest BCUT2D eigenvalue weighted by atomic mass is 10.1. The monoisotopic (exact) mass is 329 g/mol. The van der Waals surface area contributed by atoms with Crippen molar-refractivity contribution >= 4 is 33.2 Å².